The molecule has 0 radical (unpaired) electrons. The van der Waals surface area contributed by atoms with Gasteiger partial charge in [-0.2, -0.15) is 0 Å². The van der Waals surface area contributed by atoms with Gasteiger partial charge in [0.25, 0.3) is 0 Å². The maximum absolute atomic E-state index is 11.8. The lowest BCUT2D eigenvalue weighted by Gasteiger charge is -2.32. The van der Waals surface area contributed by atoms with Crippen LogP contribution in [-0.2, 0) is 4.74 Å². The Balaban J connectivity index is 2.26. The van der Waals surface area contributed by atoms with E-state index < -0.39 is 0 Å². The maximum atomic E-state index is 11.8. The molecule has 1 heterocycles. The minimum atomic E-state index is -0.292. The molecule has 1 aromatic rings. The number of aldehydes is 1. The summed E-state index contributed by atoms with van der Waals surface area (Å²) in [5, 5.41) is 0. The number of hydrogen-bond donors (Lipinski definition) is 0. The molecule has 1 fully saturated rings. The zero-order valence-electron chi connectivity index (χ0n) is 10.1. The molecule has 1 aromatic heterocycles. The van der Waals surface area contributed by atoms with Gasteiger partial charge in [0.1, 0.15) is 4.88 Å². The van der Waals surface area contributed by atoms with Crippen LogP contribution in [0.1, 0.15) is 57.5 Å². The fourth-order valence-corrected chi connectivity index (χ4v) is 3.25. The summed E-state index contributed by atoms with van der Waals surface area (Å²) < 4.78 is 5.03. The van der Waals surface area contributed by atoms with Crippen LogP contribution in [-0.4, -0.2) is 18.9 Å². The van der Waals surface area contributed by atoms with Gasteiger partial charge >= 0.3 is 5.97 Å². The van der Waals surface area contributed by atoms with E-state index in [-0.39, 0.29) is 5.97 Å². The smallest absolute Gasteiger partial charge is 0.348 e. The Morgan fingerprint density at radius 2 is 2.29 bits per heavy atom. The third kappa shape index (κ3) is 2.41. The van der Waals surface area contributed by atoms with Gasteiger partial charge in [0.15, 0.2) is 6.29 Å². The third-order valence-electron chi connectivity index (χ3n) is 3.17. The summed E-state index contributed by atoms with van der Waals surface area (Å²) in [4.78, 5) is 23.8. The SMILES string of the molecule is CCOC(=O)c1sc(C=O)cc1C1CC(C)C1. The summed E-state index contributed by atoms with van der Waals surface area (Å²) in [5.74, 6) is 0.851. The number of rotatable bonds is 4. The first-order chi connectivity index (χ1) is 8.15. The number of esters is 1. The lowest BCUT2D eigenvalue weighted by Crippen LogP contribution is -2.20. The van der Waals surface area contributed by atoms with E-state index >= 15 is 0 Å². The van der Waals surface area contributed by atoms with Gasteiger partial charge in [-0.1, -0.05) is 6.92 Å². The molecule has 0 N–H and O–H groups in total. The molecule has 0 spiro atoms. The van der Waals surface area contributed by atoms with Crippen LogP contribution in [0.15, 0.2) is 6.07 Å². The van der Waals surface area contributed by atoms with Gasteiger partial charge in [-0.25, -0.2) is 4.79 Å². The first kappa shape index (κ1) is 12.3. The van der Waals surface area contributed by atoms with Crippen LogP contribution in [0.3, 0.4) is 0 Å². The van der Waals surface area contributed by atoms with E-state index in [9.17, 15) is 9.59 Å². The molecular weight excluding hydrogens is 236 g/mol. The van der Waals surface area contributed by atoms with Crippen molar-refractivity contribution >= 4 is 23.6 Å². The van der Waals surface area contributed by atoms with Crippen molar-refractivity contribution in [3.05, 3.63) is 21.4 Å². The molecule has 0 atom stereocenters. The molecule has 17 heavy (non-hydrogen) atoms. The lowest BCUT2D eigenvalue weighted by molar-refractivity contribution is 0.0529. The topological polar surface area (TPSA) is 43.4 Å². The van der Waals surface area contributed by atoms with Crippen LogP contribution in [0.2, 0.25) is 0 Å². The number of carbonyl (C=O) groups is 2. The second-order valence-electron chi connectivity index (χ2n) is 4.55. The Labute approximate surface area is 105 Å². The minimum Gasteiger partial charge on any atom is -0.462 e. The largest absolute Gasteiger partial charge is 0.462 e. The molecule has 0 aromatic carbocycles. The summed E-state index contributed by atoms with van der Waals surface area (Å²) in [5.41, 5.74) is 1.01. The van der Waals surface area contributed by atoms with Crippen LogP contribution in [0, 0.1) is 5.92 Å². The minimum absolute atomic E-state index is 0.292. The molecule has 1 aliphatic rings. The third-order valence-corrected chi connectivity index (χ3v) is 4.23. The molecule has 0 saturated heterocycles. The lowest BCUT2D eigenvalue weighted by atomic mass is 9.72. The molecule has 2 rings (SSSR count). The highest BCUT2D eigenvalue weighted by molar-refractivity contribution is 7.15. The summed E-state index contributed by atoms with van der Waals surface area (Å²) in [6.45, 7) is 4.36. The van der Waals surface area contributed by atoms with E-state index in [0.29, 0.717) is 22.3 Å². The standard InChI is InChI=1S/C13H16O3S/c1-3-16-13(15)12-11(6-10(7-14)17-12)9-4-8(2)5-9/h6-9H,3-5H2,1-2H3. The van der Waals surface area contributed by atoms with Crippen LogP contribution in [0.25, 0.3) is 0 Å². The summed E-state index contributed by atoms with van der Waals surface area (Å²) in [6, 6.07) is 1.85. The predicted octanol–water partition coefficient (Wildman–Crippen LogP) is 3.25. The average molecular weight is 252 g/mol. The normalized spacial score (nSPS) is 22.9. The van der Waals surface area contributed by atoms with E-state index in [2.05, 4.69) is 6.92 Å². The van der Waals surface area contributed by atoms with Gasteiger partial charge in [-0.3, -0.25) is 4.79 Å². The highest BCUT2D eigenvalue weighted by atomic mass is 32.1. The Hall–Kier alpha value is -1.16. The summed E-state index contributed by atoms with van der Waals surface area (Å²) in [6.07, 6.45) is 3.00. The fraction of sp³-hybridized carbons (Fsp3) is 0.538. The van der Waals surface area contributed by atoms with E-state index in [1.807, 2.05) is 6.07 Å². The predicted molar refractivity (Wildman–Crippen MR) is 66.8 cm³/mol. The molecule has 0 aliphatic heterocycles. The zero-order chi connectivity index (χ0) is 12.4. The number of carbonyl (C=O) groups excluding carboxylic acids is 2. The van der Waals surface area contributed by atoms with E-state index in [0.717, 1.165) is 30.6 Å². The molecule has 92 valence electrons. The first-order valence-corrected chi connectivity index (χ1v) is 6.73. The highest BCUT2D eigenvalue weighted by Gasteiger charge is 2.31. The quantitative estimate of drug-likeness (QED) is 0.610. The van der Waals surface area contributed by atoms with Gasteiger partial charge < -0.3 is 4.74 Å². The molecular formula is C13H16O3S. The van der Waals surface area contributed by atoms with Crippen LogP contribution in [0.5, 0.6) is 0 Å². The molecule has 0 amide bonds. The number of thiophene rings is 1. The zero-order valence-corrected chi connectivity index (χ0v) is 10.9. The van der Waals surface area contributed by atoms with Gasteiger partial charge in [-0.15, -0.1) is 11.3 Å². The first-order valence-electron chi connectivity index (χ1n) is 5.91. The van der Waals surface area contributed by atoms with Crippen LogP contribution < -0.4 is 0 Å². The fourth-order valence-electron chi connectivity index (χ4n) is 2.30. The van der Waals surface area contributed by atoms with Crippen molar-refractivity contribution in [3.63, 3.8) is 0 Å². The van der Waals surface area contributed by atoms with Gasteiger partial charge in [0, 0.05) is 0 Å². The summed E-state index contributed by atoms with van der Waals surface area (Å²) in [7, 11) is 0. The van der Waals surface area contributed by atoms with Gasteiger partial charge in [-0.05, 0) is 43.2 Å². The van der Waals surface area contributed by atoms with Crippen molar-refractivity contribution in [2.75, 3.05) is 6.61 Å². The average Bonchev–Trinajstić information content (AvgIpc) is 2.69. The van der Waals surface area contributed by atoms with Crippen molar-refractivity contribution in [2.24, 2.45) is 5.92 Å². The number of hydrogen-bond acceptors (Lipinski definition) is 4. The second kappa shape index (κ2) is 5.00. The van der Waals surface area contributed by atoms with Crippen molar-refractivity contribution < 1.29 is 14.3 Å². The Morgan fingerprint density at radius 1 is 1.59 bits per heavy atom. The van der Waals surface area contributed by atoms with Crippen molar-refractivity contribution in [3.8, 4) is 0 Å². The Bertz CT molecular complexity index is 430. The highest BCUT2D eigenvalue weighted by Crippen LogP contribution is 2.44. The molecule has 4 heteroatoms. The maximum Gasteiger partial charge on any atom is 0.348 e. The van der Waals surface area contributed by atoms with Crippen LogP contribution in [0.4, 0.5) is 0 Å². The van der Waals surface area contributed by atoms with Gasteiger partial charge in [0.05, 0.1) is 11.5 Å². The monoisotopic (exact) mass is 252 g/mol. The Kier molecular flexibility index (Phi) is 3.62. The number of ether oxygens (including phenoxy) is 1. The van der Waals surface area contributed by atoms with Crippen LogP contribution >= 0.6 is 11.3 Å². The summed E-state index contributed by atoms with van der Waals surface area (Å²) >= 11 is 1.24. The van der Waals surface area contributed by atoms with Crippen molar-refractivity contribution in [2.45, 2.75) is 32.6 Å². The molecule has 0 bridgehead atoms. The van der Waals surface area contributed by atoms with Crippen molar-refractivity contribution in [1.82, 2.24) is 0 Å². The second-order valence-corrected chi connectivity index (χ2v) is 5.63. The molecule has 1 aliphatic carbocycles. The molecule has 1 saturated carbocycles. The van der Waals surface area contributed by atoms with Gasteiger partial charge in [0.2, 0.25) is 0 Å². The van der Waals surface area contributed by atoms with E-state index in [1.54, 1.807) is 6.92 Å². The van der Waals surface area contributed by atoms with E-state index in [1.165, 1.54) is 11.3 Å². The van der Waals surface area contributed by atoms with Crippen molar-refractivity contribution in [1.29, 1.82) is 0 Å². The molecule has 0 unspecified atom stereocenters. The van der Waals surface area contributed by atoms with E-state index in [4.69, 9.17) is 4.74 Å². The Morgan fingerprint density at radius 3 is 2.82 bits per heavy atom. The molecule has 3 nitrogen and oxygen atoms in total.